The number of esters is 1. The first-order valence-electron chi connectivity index (χ1n) is 17.9. The summed E-state index contributed by atoms with van der Waals surface area (Å²) in [5, 5.41) is 18.6. The van der Waals surface area contributed by atoms with Crippen LogP contribution in [-0.4, -0.2) is 68.5 Å². The van der Waals surface area contributed by atoms with E-state index in [0.29, 0.717) is 16.6 Å². The molecule has 0 radical (unpaired) electrons. The number of nitrogens with zero attached hydrogens (tertiary/aromatic N) is 4. The molecule has 4 aromatic rings. The Hall–Kier alpha value is -4.24. The van der Waals surface area contributed by atoms with Gasteiger partial charge in [-0.1, -0.05) is 91.8 Å². The Morgan fingerprint density at radius 3 is 2.06 bits per heavy atom. The van der Waals surface area contributed by atoms with E-state index < -0.39 is 47.0 Å². The Morgan fingerprint density at radius 1 is 0.885 bits per heavy atom. The number of amides is 1. The van der Waals surface area contributed by atoms with Crippen molar-refractivity contribution < 1.29 is 32.0 Å². The number of fused-ring (bicyclic) bond motifs is 2. The molecular weight excluding hydrogens is 695 g/mol. The van der Waals surface area contributed by atoms with Gasteiger partial charge in [0.15, 0.2) is 11.9 Å². The van der Waals surface area contributed by atoms with E-state index in [1.807, 2.05) is 12.1 Å². The van der Waals surface area contributed by atoms with Gasteiger partial charge in [0.2, 0.25) is 5.60 Å². The second-order valence-electron chi connectivity index (χ2n) is 14.7. The van der Waals surface area contributed by atoms with E-state index >= 15 is 0 Å². The maximum Gasteiger partial charge on any atom is 0.338 e. The lowest BCUT2D eigenvalue weighted by Crippen LogP contribution is -2.66. The van der Waals surface area contributed by atoms with Crippen LogP contribution in [0.5, 0.6) is 0 Å². The van der Waals surface area contributed by atoms with E-state index in [1.165, 1.54) is 10.8 Å². The molecule has 2 aliphatic rings. The van der Waals surface area contributed by atoms with E-state index in [2.05, 4.69) is 76.9 Å². The highest BCUT2D eigenvalue weighted by molar-refractivity contribution is 6.84. The first-order valence-corrected chi connectivity index (χ1v) is 21.8. The van der Waals surface area contributed by atoms with Crippen LogP contribution in [-0.2, 0) is 28.0 Å². The standard InChI is InChI=1S/C38H47N5O7Si2/c1-24(2)51(25(3)4)46-21-31-33(49-52(50-51,26(5)6)27(7)8)34(47-37(45)29-17-13-10-14-18-29)38(22-39,48-31)32-20-19-30-35(40-23-41-43(30)32)42-36(44)28-15-11-9-12-16-28/h9-20,23-27,31,33-34H,21H2,1-8H3,(H,40,41,42,44)/t31-,33?,34+,38+/m1/s1. The third-order valence-electron chi connectivity index (χ3n) is 10.2. The molecule has 0 spiro atoms. The second-order valence-corrected chi connectivity index (χ2v) is 23.5. The third-order valence-corrected chi connectivity index (χ3v) is 20.5. The highest BCUT2D eigenvalue weighted by Gasteiger charge is 2.67. The number of aromatic nitrogens is 3. The molecule has 2 aliphatic heterocycles. The topological polar surface area (TPSA) is 146 Å². The zero-order valence-electron chi connectivity index (χ0n) is 30.9. The van der Waals surface area contributed by atoms with Crippen molar-refractivity contribution >= 4 is 40.3 Å². The number of carbonyl (C=O) groups excluding carboxylic acids is 2. The maximum absolute atomic E-state index is 13.9. The first kappa shape index (κ1) is 37.5. The van der Waals surface area contributed by atoms with Crippen LogP contribution in [0.15, 0.2) is 79.1 Å². The summed E-state index contributed by atoms with van der Waals surface area (Å²) in [5.74, 6) is -0.766. The summed E-state index contributed by atoms with van der Waals surface area (Å²) < 4.78 is 36.4. The molecule has 0 aliphatic carbocycles. The number of hydrogen-bond acceptors (Lipinski definition) is 10. The van der Waals surface area contributed by atoms with Gasteiger partial charge in [-0.25, -0.2) is 14.3 Å². The van der Waals surface area contributed by atoms with Crippen LogP contribution in [0.2, 0.25) is 22.2 Å². The van der Waals surface area contributed by atoms with Crippen LogP contribution in [0.4, 0.5) is 5.82 Å². The molecule has 6 rings (SSSR count). The summed E-state index contributed by atoms with van der Waals surface area (Å²) in [6, 6.07) is 23.2. The van der Waals surface area contributed by atoms with Crippen molar-refractivity contribution in [2.45, 2.75) is 101 Å². The number of hydrogen-bond donors (Lipinski definition) is 1. The molecule has 1 N–H and O–H groups in total. The minimum absolute atomic E-state index is 0.0283. The van der Waals surface area contributed by atoms with Crippen molar-refractivity contribution in [2.75, 3.05) is 11.9 Å². The Morgan fingerprint density at radius 2 is 1.48 bits per heavy atom. The zero-order chi connectivity index (χ0) is 37.4. The van der Waals surface area contributed by atoms with Crippen LogP contribution in [0.25, 0.3) is 5.52 Å². The molecule has 2 aromatic heterocycles. The van der Waals surface area contributed by atoms with Gasteiger partial charge in [0.1, 0.15) is 30.1 Å². The average Bonchev–Trinajstić information content (AvgIpc) is 3.68. The summed E-state index contributed by atoms with van der Waals surface area (Å²) in [6.45, 7) is 17.0. The maximum atomic E-state index is 13.9. The quantitative estimate of drug-likeness (QED) is 0.137. The van der Waals surface area contributed by atoms with Crippen molar-refractivity contribution in [3.8, 4) is 6.07 Å². The normalized spacial score (nSPS) is 24.0. The highest BCUT2D eigenvalue weighted by atomic mass is 28.5. The fraction of sp³-hybridized carbons (Fsp3) is 0.447. The zero-order valence-corrected chi connectivity index (χ0v) is 32.9. The number of anilines is 1. The van der Waals surface area contributed by atoms with Crippen LogP contribution in [0.3, 0.4) is 0 Å². The number of benzene rings is 2. The fourth-order valence-electron chi connectivity index (χ4n) is 7.55. The minimum Gasteiger partial charge on any atom is -0.451 e. The van der Waals surface area contributed by atoms with Gasteiger partial charge in [-0.2, -0.15) is 10.4 Å². The Labute approximate surface area is 306 Å². The van der Waals surface area contributed by atoms with Crippen molar-refractivity contribution in [1.82, 2.24) is 14.6 Å². The van der Waals surface area contributed by atoms with E-state index in [1.54, 1.807) is 60.7 Å². The molecule has 4 atom stereocenters. The van der Waals surface area contributed by atoms with Gasteiger partial charge in [-0.05, 0) is 58.6 Å². The Balaban J connectivity index is 1.51. The molecule has 2 saturated heterocycles. The molecule has 274 valence electrons. The largest absolute Gasteiger partial charge is 0.451 e. The van der Waals surface area contributed by atoms with Gasteiger partial charge < -0.3 is 27.8 Å². The van der Waals surface area contributed by atoms with Crippen LogP contribution in [0, 0.1) is 11.3 Å². The molecule has 1 amide bonds. The van der Waals surface area contributed by atoms with Crippen molar-refractivity contribution in [3.63, 3.8) is 0 Å². The molecule has 1 unspecified atom stereocenters. The monoisotopic (exact) mass is 741 g/mol. The van der Waals surface area contributed by atoms with Gasteiger partial charge in [0.05, 0.1) is 17.9 Å². The molecule has 0 bridgehead atoms. The summed E-state index contributed by atoms with van der Waals surface area (Å²) in [5.41, 5.74) is -0.344. The Bertz CT molecular complexity index is 1930. The molecule has 0 saturated carbocycles. The highest BCUT2D eigenvalue weighted by Crippen LogP contribution is 2.51. The number of nitrogens with one attached hydrogen (secondary N) is 1. The van der Waals surface area contributed by atoms with Crippen molar-refractivity contribution in [1.29, 1.82) is 5.26 Å². The lowest BCUT2D eigenvalue weighted by atomic mass is 9.92. The average molecular weight is 742 g/mol. The molecule has 2 fully saturated rings. The molecular formula is C38H47N5O7Si2. The van der Waals surface area contributed by atoms with E-state index in [0.717, 1.165) is 0 Å². The third kappa shape index (κ3) is 6.39. The summed E-state index contributed by atoms with van der Waals surface area (Å²) in [6.07, 6.45) is -1.72. The molecule has 4 heterocycles. The molecule has 14 heteroatoms. The number of carbonyl (C=O) groups is 2. The fourth-order valence-corrected chi connectivity index (χ4v) is 18.7. The molecule has 12 nitrogen and oxygen atoms in total. The summed E-state index contributed by atoms with van der Waals surface area (Å²) >= 11 is 0. The lowest BCUT2D eigenvalue weighted by molar-refractivity contribution is -0.0711. The van der Waals surface area contributed by atoms with E-state index in [-0.39, 0.29) is 46.2 Å². The van der Waals surface area contributed by atoms with Crippen molar-refractivity contribution in [3.05, 3.63) is 95.9 Å². The van der Waals surface area contributed by atoms with Crippen LogP contribution in [0.1, 0.15) is 81.8 Å². The predicted molar refractivity (Wildman–Crippen MR) is 199 cm³/mol. The number of nitriles is 1. The van der Waals surface area contributed by atoms with Crippen molar-refractivity contribution in [2.24, 2.45) is 0 Å². The summed E-state index contributed by atoms with van der Waals surface area (Å²) in [4.78, 5) is 31.4. The van der Waals surface area contributed by atoms with E-state index in [9.17, 15) is 14.9 Å². The van der Waals surface area contributed by atoms with Gasteiger partial charge >= 0.3 is 23.1 Å². The van der Waals surface area contributed by atoms with Gasteiger partial charge in [-0.15, -0.1) is 0 Å². The second kappa shape index (κ2) is 14.6. The van der Waals surface area contributed by atoms with E-state index in [4.69, 9.17) is 22.4 Å². The molecule has 2 aromatic carbocycles. The van der Waals surface area contributed by atoms with Gasteiger partial charge in [0, 0.05) is 5.56 Å². The van der Waals surface area contributed by atoms with Crippen LogP contribution >= 0.6 is 0 Å². The number of rotatable bonds is 9. The minimum atomic E-state index is -3.24. The molecule has 52 heavy (non-hydrogen) atoms. The van der Waals surface area contributed by atoms with Gasteiger partial charge in [0.25, 0.3) is 5.91 Å². The summed E-state index contributed by atoms with van der Waals surface area (Å²) in [7, 11) is -6.20. The predicted octanol–water partition coefficient (Wildman–Crippen LogP) is 7.28. The van der Waals surface area contributed by atoms with Crippen LogP contribution < -0.4 is 5.32 Å². The lowest BCUT2D eigenvalue weighted by Gasteiger charge is -2.51. The van der Waals surface area contributed by atoms with Gasteiger partial charge in [-0.3, -0.25) is 4.79 Å². The smallest absolute Gasteiger partial charge is 0.338 e. The Kier molecular flexibility index (Phi) is 10.6. The SMILES string of the molecule is CC(C)[Si]1(C(C)C)OC[C@H]2O[C@@](C#N)(c3ccc4c(NC(=O)c5ccccc5)ncnn34)[C@@H](OC(=O)c3ccccc3)C2O[Si](C(C)C)(C(C)C)O1. The first-order chi connectivity index (χ1) is 24.8. The number of ether oxygens (including phenoxy) is 2.